The number of amides is 1. The van der Waals surface area contributed by atoms with E-state index in [-0.39, 0.29) is 24.1 Å². The Hall–Kier alpha value is -2.79. The van der Waals surface area contributed by atoms with Crippen LogP contribution in [-0.2, 0) is 22.3 Å². The lowest BCUT2D eigenvalue weighted by Crippen LogP contribution is -2.39. The van der Waals surface area contributed by atoms with Gasteiger partial charge in [0.2, 0.25) is 0 Å². The monoisotopic (exact) mass is 510 g/mol. The highest BCUT2D eigenvalue weighted by Crippen LogP contribution is 2.35. The molecule has 9 nitrogen and oxygen atoms in total. The van der Waals surface area contributed by atoms with Gasteiger partial charge in [0.1, 0.15) is 15.5 Å². The van der Waals surface area contributed by atoms with Crippen LogP contribution in [0, 0.1) is 13.8 Å². The van der Waals surface area contributed by atoms with Gasteiger partial charge in [-0.05, 0) is 56.4 Å². The van der Waals surface area contributed by atoms with Crippen molar-refractivity contribution in [3.05, 3.63) is 45.6 Å². The molecule has 0 aromatic carbocycles. The second-order valence-electron chi connectivity index (χ2n) is 9.76. The number of nitrogen functional groups attached to an aromatic ring is 1. The predicted octanol–water partition coefficient (Wildman–Crippen LogP) is 2.36. The maximum atomic E-state index is 13.1. The van der Waals surface area contributed by atoms with E-state index in [1.165, 1.54) is 16.9 Å². The van der Waals surface area contributed by atoms with Crippen molar-refractivity contribution in [2.45, 2.75) is 51.3 Å². The number of pyridine rings is 2. The van der Waals surface area contributed by atoms with Crippen LogP contribution in [0.2, 0.25) is 0 Å². The number of aromatic nitrogens is 2. The summed E-state index contributed by atoms with van der Waals surface area (Å²) in [6.07, 6.45) is 2.36. The largest absolute Gasteiger partial charge is 0.397 e. The molecule has 3 aromatic heterocycles. The molecule has 4 heterocycles. The molecule has 1 fully saturated rings. The van der Waals surface area contributed by atoms with Gasteiger partial charge in [-0.2, -0.15) is 0 Å². The average molecular weight is 511 g/mol. The van der Waals surface area contributed by atoms with E-state index >= 15 is 0 Å². The van der Waals surface area contributed by atoms with E-state index in [1.54, 1.807) is 7.11 Å². The minimum Gasteiger partial charge on any atom is -0.397 e. The van der Waals surface area contributed by atoms with Crippen LogP contribution in [0.1, 0.15) is 38.6 Å². The van der Waals surface area contributed by atoms with Gasteiger partial charge >= 0.3 is 0 Å². The van der Waals surface area contributed by atoms with Gasteiger partial charge < -0.3 is 31.2 Å². The van der Waals surface area contributed by atoms with Crippen molar-refractivity contribution in [2.24, 2.45) is 5.73 Å². The number of rotatable bonds is 7. The molecule has 192 valence electrons. The number of nitrogens with zero attached hydrogens (tertiary/aromatic N) is 3. The number of anilines is 2. The summed E-state index contributed by atoms with van der Waals surface area (Å²) in [6, 6.07) is 6.16. The molecule has 36 heavy (non-hydrogen) atoms. The van der Waals surface area contributed by atoms with Crippen molar-refractivity contribution >= 4 is 39.0 Å². The third-order valence-corrected chi connectivity index (χ3v) is 8.17. The Morgan fingerprint density at radius 3 is 2.89 bits per heavy atom. The number of hydrogen-bond donors (Lipinski definition) is 3. The molecule has 2 aliphatic rings. The number of carbonyl (C=O) groups is 1. The van der Waals surface area contributed by atoms with Crippen LogP contribution in [0.5, 0.6) is 0 Å². The third kappa shape index (κ3) is 4.90. The Bertz CT molecular complexity index is 1280. The number of methoxy groups -OCH3 is 1. The third-order valence-electron chi connectivity index (χ3n) is 7.07. The molecule has 1 aliphatic carbocycles. The molecule has 1 amide bonds. The summed E-state index contributed by atoms with van der Waals surface area (Å²) < 4.78 is 10.9. The van der Waals surface area contributed by atoms with Crippen molar-refractivity contribution in [3.63, 3.8) is 0 Å². The zero-order chi connectivity index (χ0) is 25.4. The standard InChI is InChI=1S/C26H34N6O3S/c1-14-10-15(2)29-26-22(14)23(28)24(36-26)25(33)30-17-5-6-19-16(11-17)4-7-21(31-19)32-12-18(27)20(13-32)35-9-8-34-3/h4,7,10,17-18,20H,5-6,8-9,11-13,27-28H2,1-3H3,(H,30,33)/t17-,18+,20+/m0/s1. The van der Waals surface area contributed by atoms with E-state index in [0.29, 0.717) is 30.3 Å². The van der Waals surface area contributed by atoms with Crippen LogP contribution in [0.15, 0.2) is 18.2 Å². The van der Waals surface area contributed by atoms with E-state index in [2.05, 4.69) is 21.3 Å². The van der Waals surface area contributed by atoms with Gasteiger partial charge in [0.25, 0.3) is 5.91 Å². The topological polar surface area (TPSA) is 129 Å². The number of thiophene rings is 1. The number of aryl methyl sites for hydroxylation is 3. The molecule has 3 aromatic rings. The highest BCUT2D eigenvalue weighted by atomic mass is 32.1. The molecule has 0 saturated carbocycles. The van der Waals surface area contributed by atoms with Crippen molar-refractivity contribution < 1.29 is 14.3 Å². The molecule has 1 aliphatic heterocycles. The number of carbonyl (C=O) groups excluding carboxylic acids is 1. The smallest absolute Gasteiger partial charge is 0.263 e. The fourth-order valence-electron chi connectivity index (χ4n) is 5.23. The second-order valence-corrected chi connectivity index (χ2v) is 10.8. The molecule has 3 atom stereocenters. The zero-order valence-electron chi connectivity index (χ0n) is 21.0. The summed E-state index contributed by atoms with van der Waals surface area (Å²) >= 11 is 1.36. The summed E-state index contributed by atoms with van der Waals surface area (Å²) in [5.74, 6) is 0.803. The lowest BCUT2D eigenvalue weighted by atomic mass is 9.91. The van der Waals surface area contributed by atoms with Crippen LogP contribution in [0.3, 0.4) is 0 Å². The van der Waals surface area contributed by atoms with Gasteiger partial charge in [-0.15, -0.1) is 11.3 Å². The van der Waals surface area contributed by atoms with Gasteiger partial charge in [0.15, 0.2) is 0 Å². The molecule has 0 unspecified atom stereocenters. The van der Waals surface area contributed by atoms with E-state index in [9.17, 15) is 4.79 Å². The van der Waals surface area contributed by atoms with Crippen LogP contribution in [-0.4, -0.2) is 67.5 Å². The number of nitrogens with one attached hydrogen (secondary N) is 1. The van der Waals surface area contributed by atoms with Gasteiger partial charge in [0, 0.05) is 43.0 Å². The predicted molar refractivity (Wildman–Crippen MR) is 143 cm³/mol. The summed E-state index contributed by atoms with van der Waals surface area (Å²) in [7, 11) is 1.66. The van der Waals surface area contributed by atoms with E-state index < -0.39 is 0 Å². The van der Waals surface area contributed by atoms with Gasteiger partial charge in [-0.3, -0.25) is 4.79 Å². The maximum Gasteiger partial charge on any atom is 0.263 e. The first-order valence-electron chi connectivity index (χ1n) is 12.4. The first-order valence-corrected chi connectivity index (χ1v) is 13.2. The lowest BCUT2D eigenvalue weighted by molar-refractivity contribution is 0.0212. The van der Waals surface area contributed by atoms with Gasteiger partial charge in [-0.1, -0.05) is 6.07 Å². The Morgan fingerprint density at radius 2 is 2.08 bits per heavy atom. The first kappa shape index (κ1) is 24.9. The van der Waals surface area contributed by atoms with Crippen molar-refractivity contribution in [3.8, 4) is 0 Å². The zero-order valence-corrected chi connectivity index (χ0v) is 21.9. The Morgan fingerprint density at radius 1 is 1.25 bits per heavy atom. The number of nitrogens with two attached hydrogens (primary N) is 2. The molecule has 5 rings (SSSR count). The quantitative estimate of drug-likeness (QED) is 0.413. The molecule has 0 radical (unpaired) electrons. The fourth-order valence-corrected chi connectivity index (χ4v) is 6.35. The minimum absolute atomic E-state index is 0.0261. The van der Waals surface area contributed by atoms with E-state index in [1.807, 2.05) is 26.0 Å². The Labute approximate surface area is 215 Å². The molecular weight excluding hydrogens is 476 g/mol. The average Bonchev–Trinajstić information content (AvgIpc) is 3.38. The summed E-state index contributed by atoms with van der Waals surface area (Å²) in [5.41, 5.74) is 17.4. The summed E-state index contributed by atoms with van der Waals surface area (Å²) in [5, 5.41) is 4.08. The SMILES string of the molecule is COCCO[C@@H]1CN(c2ccc3c(n2)CC[C@H](NC(=O)c2sc4nc(C)cc(C)c4c2N)C3)C[C@H]1N. The number of ether oxygens (including phenoxy) is 2. The number of fused-ring (bicyclic) bond motifs is 2. The maximum absolute atomic E-state index is 13.1. The summed E-state index contributed by atoms with van der Waals surface area (Å²) in [6.45, 7) is 6.49. The Kier molecular flexibility index (Phi) is 7.11. The highest BCUT2D eigenvalue weighted by Gasteiger charge is 2.32. The van der Waals surface area contributed by atoms with E-state index in [0.717, 1.165) is 58.8 Å². The normalized spacial score (nSPS) is 21.7. The van der Waals surface area contributed by atoms with E-state index in [4.69, 9.17) is 25.9 Å². The van der Waals surface area contributed by atoms with Crippen molar-refractivity contribution in [1.29, 1.82) is 0 Å². The van der Waals surface area contributed by atoms with Crippen LogP contribution in [0.25, 0.3) is 10.2 Å². The second kappa shape index (κ2) is 10.3. The van der Waals surface area contributed by atoms with Crippen LogP contribution in [0.4, 0.5) is 11.5 Å². The molecule has 1 saturated heterocycles. The molecule has 0 spiro atoms. The number of hydrogen-bond acceptors (Lipinski definition) is 9. The fraction of sp³-hybridized carbons (Fsp3) is 0.500. The molecular formula is C26H34N6O3S. The minimum atomic E-state index is -0.129. The van der Waals surface area contributed by atoms with Crippen molar-refractivity contribution in [1.82, 2.24) is 15.3 Å². The first-order chi connectivity index (χ1) is 17.3. The van der Waals surface area contributed by atoms with Crippen molar-refractivity contribution in [2.75, 3.05) is 44.0 Å². The highest BCUT2D eigenvalue weighted by molar-refractivity contribution is 7.21. The van der Waals surface area contributed by atoms with Gasteiger partial charge in [0.05, 0.1) is 31.0 Å². The van der Waals surface area contributed by atoms with Crippen LogP contribution < -0.4 is 21.7 Å². The van der Waals surface area contributed by atoms with Crippen LogP contribution >= 0.6 is 11.3 Å². The molecule has 0 bridgehead atoms. The molecule has 10 heteroatoms. The van der Waals surface area contributed by atoms with Gasteiger partial charge in [-0.25, -0.2) is 9.97 Å². The Balaban J connectivity index is 1.24. The molecule has 5 N–H and O–H groups in total. The lowest BCUT2D eigenvalue weighted by Gasteiger charge is -2.26. The summed E-state index contributed by atoms with van der Waals surface area (Å²) in [4.78, 5) is 26.2.